The first-order valence-electron chi connectivity index (χ1n) is 44.5. The number of hydrogen-bond donors (Lipinski definition) is 8. The smallest absolute Gasteiger partial charge is 0.503 e. The number of aromatic nitrogens is 8. The van der Waals surface area contributed by atoms with Gasteiger partial charge in [-0.2, -0.15) is 0 Å². The largest absolute Gasteiger partial charge is 2.00 e. The van der Waals surface area contributed by atoms with Crippen LogP contribution < -0.4 is 65.7 Å². The van der Waals surface area contributed by atoms with E-state index in [9.17, 15) is 82.8 Å². The van der Waals surface area contributed by atoms with Crippen LogP contribution in [0.5, 0.6) is 23.0 Å². The zero-order chi connectivity index (χ0) is 83.8. The molecule has 9 saturated carbocycles. The molecule has 9 fully saturated rings. The van der Waals surface area contributed by atoms with E-state index in [4.69, 9.17) is 0 Å². The molecule has 128 heavy (non-hydrogen) atoms. The summed E-state index contributed by atoms with van der Waals surface area (Å²) in [5, 5.41) is 51.1. The van der Waals surface area contributed by atoms with Gasteiger partial charge in [0.15, 0.2) is 23.0 Å². The van der Waals surface area contributed by atoms with Crippen molar-refractivity contribution < 1.29 is 93.5 Å². The van der Waals surface area contributed by atoms with Gasteiger partial charge in [-0.05, 0) is 121 Å². The van der Waals surface area contributed by atoms with Crippen molar-refractivity contribution in [1.29, 1.82) is 0 Å². The average Bonchev–Trinajstić information content (AvgIpc) is 1.58. The Morgan fingerprint density at radius 1 is 0.344 bits per heavy atom. The van der Waals surface area contributed by atoms with Gasteiger partial charge in [-0.3, -0.25) is 87.4 Å². The molecule has 3 atom stereocenters. The van der Waals surface area contributed by atoms with E-state index in [0.717, 1.165) is 83.5 Å². The van der Waals surface area contributed by atoms with E-state index in [0.29, 0.717) is 52.9 Å². The maximum absolute atomic E-state index is 13.6. The van der Waals surface area contributed by atoms with Gasteiger partial charge in [-0.1, -0.05) is 234 Å². The molecule has 8 N–H and O–H groups in total. The second kappa shape index (κ2) is 58.4. The molecule has 0 radical (unpaired) electrons. The summed E-state index contributed by atoms with van der Waals surface area (Å²) >= 11 is 0. The molecule has 17 rings (SSSR count). The monoisotopic (exact) mass is 1950 g/mol. The summed E-state index contributed by atoms with van der Waals surface area (Å²) in [6, 6.07) is 0.174. The van der Waals surface area contributed by atoms with Crippen molar-refractivity contribution in [2.45, 2.75) is 368 Å². The molecule has 0 spiro atoms. The number of nitrogens with zero attached hydrogens (tertiary/aromatic N) is 4. The molecule has 4 heterocycles. The first-order chi connectivity index (χ1) is 55.6. The minimum Gasteiger partial charge on any atom is -0.503 e. The predicted molar refractivity (Wildman–Crippen MR) is 507 cm³/mol. The summed E-state index contributed by atoms with van der Waals surface area (Å²) in [5.41, 5.74) is -6.63. The molecule has 3 unspecified atom stereocenters. The van der Waals surface area contributed by atoms with E-state index in [1.54, 1.807) is 27.9 Å². The van der Waals surface area contributed by atoms with Gasteiger partial charge in [0.2, 0.25) is 21.7 Å². The number of carbonyl (C=O) groups is 1. The third-order valence-electron chi connectivity index (χ3n) is 26.7. The van der Waals surface area contributed by atoms with Crippen molar-refractivity contribution in [3.63, 3.8) is 0 Å². The van der Waals surface area contributed by atoms with Gasteiger partial charge in [0.25, 0.3) is 44.0 Å². The zero-order valence-corrected chi connectivity index (χ0v) is 84.2. The van der Waals surface area contributed by atoms with E-state index >= 15 is 0 Å². The van der Waals surface area contributed by atoms with Crippen LogP contribution in [-0.4, -0.2) is 65.3 Å². The molecule has 0 bridgehead atoms. The summed E-state index contributed by atoms with van der Waals surface area (Å²) in [6.07, 6.45) is 55.2. The number of rotatable bonds is 17. The quantitative estimate of drug-likeness (QED) is 0.0238. The zero-order valence-electron chi connectivity index (χ0n) is 79.7. The molecule has 0 aliphatic heterocycles. The number of aryl methyl sites for hydroxylation is 4. The van der Waals surface area contributed by atoms with Crippen LogP contribution in [0.1, 0.15) is 359 Å². The van der Waals surface area contributed by atoms with Crippen LogP contribution in [0.2, 0.25) is 0 Å². The number of nitrogens with one attached hydrogen (secondary N) is 4. The van der Waals surface area contributed by atoms with Crippen molar-refractivity contribution >= 4 is 5.78 Å². The summed E-state index contributed by atoms with van der Waals surface area (Å²) < 4.78 is 6.16. The summed E-state index contributed by atoms with van der Waals surface area (Å²) in [4.78, 5) is 156. The molecule has 25 nitrogen and oxygen atoms in total. The maximum Gasteiger partial charge on any atom is 2.00 e. The fraction of sp³-hybridized carbons (Fsp3) is 0.626. The second-order valence-electron chi connectivity index (χ2n) is 35.7. The summed E-state index contributed by atoms with van der Waals surface area (Å²) in [7, 11) is 0. The Labute approximate surface area is 803 Å². The van der Waals surface area contributed by atoms with Crippen molar-refractivity contribution in [3.8, 4) is 67.5 Å². The molecule has 4 aromatic heterocycles. The van der Waals surface area contributed by atoms with Crippen LogP contribution in [0.4, 0.5) is 0 Å². The Bertz CT molecular complexity index is 5100. The summed E-state index contributed by atoms with van der Waals surface area (Å²) in [5.74, 6) is -0.366. The van der Waals surface area contributed by atoms with Crippen molar-refractivity contribution in [2.24, 2.45) is 29.6 Å². The second-order valence-corrected chi connectivity index (χ2v) is 35.7. The van der Waals surface area contributed by atoms with E-state index in [1.807, 2.05) is 41.5 Å². The van der Waals surface area contributed by atoms with Crippen LogP contribution >= 0.6 is 0 Å². The number of Topliss-reactive ketones (excluding diaryl/α,β-unsaturated/α-hetero) is 1. The summed E-state index contributed by atoms with van der Waals surface area (Å²) in [6.45, 7) is 15.3. The molecule has 9 aliphatic rings. The van der Waals surface area contributed by atoms with E-state index in [2.05, 4.69) is 20.4 Å². The molecular weight excluding hydrogens is 1800 g/mol. The Hall–Kier alpha value is -6.69. The number of ketones is 1. The van der Waals surface area contributed by atoms with Crippen molar-refractivity contribution in [3.05, 3.63) is 205 Å². The molecule has 9 aliphatic carbocycles. The minimum atomic E-state index is -0.969. The van der Waals surface area contributed by atoms with E-state index in [-0.39, 0.29) is 232 Å². The standard InChI is InChI=1S/C23H32N2O4.C16H18N2O5.2C16H20N2O4.4C5H10.8CH3.4Fe/c1-23(2,3)21-16(15-18(26)20(28)19(15)27)22(29)25(24-21)17(14-11-7-8-12-14)13-9-5-4-6-10-13;1-8-11(12-13(20)15(22)14(12)21)16(23)18(17-8)7-6-10(19)9-4-2-3-5-9;1-3-10(9-6-4-5-7-9)18-16(22)11(8(2)17-18)12-13(19)15(21)14(12)20;1-3-10-11(12-13(19)15(21)14(12)20)16(22)18(17-10)8(2)9-6-4-5-7-9;4*1-2-4-5-3-1;;;;;;;;;;;;/h13-14,17,24,26H,4-12H2,1-3H3;9,17,20H,2-7H2,1H3;9-10,17,19H,3-7H2,1-2H3;8-9,17,19H,3-7H2,1-2H3;4*1-5H2;8*1H3;;;;/q;;;;;;;;8*-1;4*+2. The molecule has 0 saturated heterocycles. The van der Waals surface area contributed by atoms with Crippen LogP contribution in [-0.2, 0) is 91.4 Å². The van der Waals surface area contributed by atoms with Gasteiger partial charge in [-0.15, -0.1) is 0 Å². The van der Waals surface area contributed by atoms with Gasteiger partial charge < -0.3 is 79.8 Å². The first kappa shape index (κ1) is 125. The normalized spacial score (nSPS) is 17.2. The average molecular weight is 1950 g/mol. The number of aromatic hydroxyl groups is 4. The van der Waals surface area contributed by atoms with E-state index < -0.39 is 77.4 Å². The van der Waals surface area contributed by atoms with Crippen molar-refractivity contribution in [2.75, 3.05) is 0 Å². The first-order valence-corrected chi connectivity index (χ1v) is 44.5. The molecule has 29 heteroatoms. The Morgan fingerprint density at radius 3 is 0.977 bits per heavy atom. The third kappa shape index (κ3) is 28.9. The van der Waals surface area contributed by atoms with Crippen LogP contribution in [0.25, 0.3) is 44.5 Å². The number of carbonyl (C=O) groups excluding carboxylic acids is 1. The van der Waals surface area contributed by atoms with Crippen LogP contribution in [0.3, 0.4) is 0 Å². The molecule has 4 aromatic carbocycles. The molecule has 0 amide bonds. The molecule has 8 aromatic rings. The van der Waals surface area contributed by atoms with Gasteiger partial charge in [0.05, 0.1) is 68.3 Å². The number of H-pyrrole nitrogens is 4. The van der Waals surface area contributed by atoms with Crippen molar-refractivity contribution in [1.82, 2.24) is 39.1 Å². The number of hydrogen-bond acceptors (Lipinski definition) is 17. The van der Waals surface area contributed by atoms with Crippen LogP contribution in [0, 0.1) is 103 Å². The maximum atomic E-state index is 13.6. The Balaban J connectivity index is -0.00000147. The SMILES string of the molecule is C1CCCC1.C1CCCC1.C1CCCC1.C1CCCC1.CC(C)(C)c1[nH]n(C(C2CCCCC2)C2CCCC2)c(=O)c1-c1c(O)c(=O)c1=O.CCC(C1CCCC1)n1[nH]c(C)c(-c2c(O)c(=O)c2=O)c1=O.CCc1[nH]n(C(C)C2CCCC2)c(=O)c1-c1c(O)c(=O)c1=O.Cc1[nH]n(CCC(=O)C2CCCC2)c(=O)c1-c1c(O)c(=O)c1=O.[CH3-].[CH3-].[CH3-].[CH3-].[CH3-].[CH3-].[CH3-].[CH3-].[Fe+2].[Fe+2].[Fe+2].[Fe+2]. The van der Waals surface area contributed by atoms with Gasteiger partial charge in [0, 0.05) is 41.4 Å². The minimum absolute atomic E-state index is 0. The third-order valence-corrected chi connectivity index (χ3v) is 26.7. The van der Waals surface area contributed by atoms with Gasteiger partial charge in [-0.25, -0.2) is 14.0 Å². The number of aromatic amines is 4. The van der Waals surface area contributed by atoms with Gasteiger partial charge in [0.1, 0.15) is 5.78 Å². The van der Waals surface area contributed by atoms with Gasteiger partial charge >= 0.3 is 68.3 Å². The Morgan fingerprint density at radius 2 is 0.633 bits per heavy atom. The predicted octanol–water partition coefficient (Wildman–Crippen LogP) is 18.8. The topological polar surface area (TPSA) is 386 Å². The molecule has 724 valence electrons. The molecular formula is C99H154Fe4N8O17. The fourth-order valence-corrected chi connectivity index (χ4v) is 19.8. The van der Waals surface area contributed by atoms with E-state index in [1.165, 1.54) is 191 Å². The van der Waals surface area contributed by atoms with Crippen LogP contribution in [0.15, 0.2) is 57.5 Å². The Kier molecular flexibility index (Phi) is 57.2. The fourth-order valence-electron chi connectivity index (χ4n) is 19.8.